The molecule has 1 saturated carbocycles. The number of nitrogens with two attached hydrogens (primary N) is 1. The van der Waals surface area contributed by atoms with Crippen molar-refractivity contribution >= 4 is 44.4 Å². The van der Waals surface area contributed by atoms with Crippen molar-refractivity contribution in [2.45, 2.75) is 12.5 Å². The summed E-state index contributed by atoms with van der Waals surface area (Å²) in [5.74, 6) is 0.800. The van der Waals surface area contributed by atoms with E-state index >= 15 is 0 Å². The van der Waals surface area contributed by atoms with Crippen molar-refractivity contribution < 1.29 is 4.79 Å². The second kappa shape index (κ2) is 7.12. The first-order valence-corrected chi connectivity index (χ1v) is 10.8. The number of nitrogens with zero attached hydrogens (tertiary/aromatic N) is 3. The molecule has 0 radical (unpaired) electrons. The number of aromatic amines is 1. The number of halogens is 1. The monoisotopic (exact) mass is 466 g/mol. The molecule has 0 spiro atoms. The number of rotatable bonds is 5. The molecule has 30 heavy (non-hydrogen) atoms. The first-order chi connectivity index (χ1) is 14.4. The lowest BCUT2D eigenvalue weighted by atomic mass is 9.88. The molecule has 1 fully saturated rings. The third-order valence-corrected chi connectivity index (χ3v) is 6.83. The van der Waals surface area contributed by atoms with E-state index in [1.54, 1.807) is 6.20 Å². The molecule has 7 nitrogen and oxygen atoms in total. The number of benzene rings is 1. The lowest BCUT2D eigenvalue weighted by Crippen LogP contribution is -2.41. The summed E-state index contributed by atoms with van der Waals surface area (Å²) in [5, 5.41) is 3.59. The highest BCUT2D eigenvalue weighted by Crippen LogP contribution is 2.46. The van der Waals surface area contributed by atoms with Gasteiger partial charge in [0.25, 0.3) is 0 Å². The molecule has 2 bridgehead atoms. The molecule has 2 heterocycles. The molecule has 2 aliphatic rings. The Morgan fingerprint density at radius 1 is 1.23 bits per heavy atom. The van der Waals surface area contributed by atoms with Crippen LogP contribution in [0.1, 0.15) is 6.42 Å². The zero-order valence-electron chi connectivity index (χ0n) is 16.8. The molecular weight excluding hydrogens is 444 g/mol. The number of fused-ring (bicyclic) bond motifs is 3. The van der Waals surface area contributed by atoms with Crippen molar-refractivity contribution in [3.05, 3.63) is 47.1 Å². The van der Waals surface area contributed by atoms with E-state index in [1.807, 2.05) is 26.2 Å². The maximum absolute atomic E-state index is 12.1. The highest BCUT2D eigenvalue weighted by molar-refractivity contribution is 9.10. The number of imidazole rings is 1. The minimum atomic E-state index is -0.253. The number of H-pyrrole nitrogens is 1. The average molecular weight is 467 g/mol. The molecule has 2 aromatic heterocycles. The smallest absolute Gasteiger partial charge is 0.223 e. The molecule has 3 aromatic rings. The number of primary amides is 1. The lowest BCUT2D eigenvalue weighted by Gasteiger charge is -2.28. The van der Waals surface area contributed by atoms with Gasteiger partial charge in [0.1, 0.15) is 11.3 Å². The van der Waals surface area contributed by atoms with E-state index < -0.39 is 0 Å². The topological polar surface area (TPSA) is 99.9 Å². The Hall–Kier alpha value is -2.87. The van der Waals surface area contributed by atoms with Crippen LogP contribution in [0.25, 0.3) is 22.6 Å². The first-order valence-electron chi connectivity index (χ1n) is 9.98. The Morgan fingerprint density at radius 2 is 1.97 bits per heavy atom. The number of carbonyl (C=O) groups excluding carboxylic acids is 1. The van der Waals surface area contributed by atoms with Crippen LogP contribution in [0.2, 0.25) is 0 Å². The van der Waals surface area contributed by atoms with Crippen LogP contribution in [0.5, 0.6) is 0 Å². The first kappa shape index (κ1) is 19.1. The van der Waals surface area contributed by atoms with Crippen molar-refractivity contribution in [2.24, 2.45) is 23.5 Å². The summed E-state index contributed by atoms with van der Waals surface area (Å²) in [6, 6.07) is 8.16. The van der Waals surface area contributed by atoms with Gasteiger partial charge in [-0.25, -0.2) is 9.97 Å². The maximum atomic E-state index is 12.1. The van der Waals surface area contributed by atoms with Gasteiger partial charge in [-0.05, 0) is 58.5 Å². The number of carbonyl (C=O) groups is 1. The maximum Gasteiger partial charge on any atom is 0.223 e. The molecule has 4 atom stereocenters. The molecule has 4 unspecified atom stereocenters. The van der Waals surface area contributed by atoms with Gasteiger partial charge in [0, 0.05) is 37.6 Å². The normalized spacial score (nSPS) is 24.5. The van der Waals surface area contributed by atoms with Gasteiger partial charge in [0.05, 0.1) is 16.1 Å². The minimum absolute atomic E-state index is 0.0366. The fraction of sp³-hybridized carbons (Fsp3) is 0.318. The van der Waals surface area contributed by atoms with Crippen molar-refractivity contribution in [1.82, 2.24) is 15.0 Å². The van der Waals surface area contributed by atoms with E-state index in [9.17, 15) is 4.79 Å². The van der Waals surface area contributed by atoms with Crippen LogP contribution in [0.15, 0.2) is 47.1 Å². The summed E-state index contributed by atoms with van der Waals surface area (Å²) in [7, 11) is 4.03. The van der Waals surface area contributed by atoms with Gasteiger partial charge in [-0.3, -0.25) is 4.79 Å². The summed E-state index contributed by atoms with van der Waals surface area (Å²) in [6.45, 7) is 0. The fourth-order valence-electron chi connectivity index (χ4n) is 4.70. The van der Waals surface area contributed by atoms with Gasteiger partial charge in [-0.2, -0.15) is 0 Å². The molecule has 8 heteroatoms. The summed E-state index contributed by atoms with van der Waals surface area (Å²) < 4.78 is 0.822. The van der Waals surface area contributed by atoms with E-state index in [4.69, 9.17) is 5.73 Å². The largest absolute Gasteiger partial charge is 0.378 e. The number of hydrogen-bond acceptors (Lipinski definition) is 5. The molecular formula is C22H23BrN6O. The number of aromatic nitrogens is 3. The van der Waals surface area contributed by atoms with Crippen LogP contribution in [-0.2, 0) is 4.79 Å². The van der Waals surface area contributed by atoms with Crippen LogP contribution in [0, 0.1) is 17.8 Å². The summed E-state index contributed by atoms with van der Waals surface area (Å²) in [6.07, 6.45) is 7.02. The van der Waals surface area contributed by atoms with Crippen LogP contribution >= 0.6 is 15.9 Å². The van der Waals surface area contributed by atoms with E-state index in [0.29, 0.717) is 11.6 Å². The van der Waals surface area contributed by atoms with Gasteiger partial charge in [-0.15, -0.1) is 0 Å². The number of pyridine rings is 1. The standard InChI is InChI=1S/C22H23BrN6O/c1-29(2)14-7-5-11(6-8-14)21-27-19-18(15(23)10-25-22(19)28-21)26-17-13-4-3-12(9-13)16(17)20(24)30/h3-8,10,12-13,16-17H,9H2,1-2H3,(H2,24,30)(H2,25,26,27,28). The zero-order chi connectivity index (χ0) is 21.0. The van der Waals surface area contributed by atoms with E-state index in [-0.39, 0.29) is 23.8 Å². The zero-order valence-corrected chi connectivity index (χ0v) is 18.3. The molecule has 1 amide bonds. The third-order valence-electron chi connectivity index (χ3n) is 6.23. The van der Waals surface area contributed by atoms with Crippen LogP contribution in [0.4, 0.5) is 11.4 Å². The number of anilines is 2. The lowest BCUT2D eigenvalue weighted by molar-refractivity contribution is -0.122. The third kappa shape index (κ3) is 3.06. The molecule has 0 saturated heterocycles. The minimum Gasteiger partial charge on any atom is -0.378 e. The number of nitrogens with one attached hydrogen (secondary N) is 2. The van der Waals surface area contributed by atoms with Crippen molar-refractivity contribution in [3.8, 4) is 11.4 Å². The van der Waals surface area contributed by atoms with Crippen molar-refractivity contribution in [1.29, 1.82) is 0 Å². The van der Waals surface area contributed by atoms with E-state index in [1.165, 1.54) is 0 Å². The average Bonchev–Trinajstić information content (AvgIpc) is 3.44. The SMILES string of the molecule is CN(C)c1ccc(-c2nc3ncc(Br)c(NC4C5C=CC(C5)C4C(N)=O)c3[nH]2)cc1. The Morgan fingerprint density at radius 3 is 2.67 bits per heavy atom. The molecule has 154 valence electrons. The van der Waals surface area contributed by atoms with Gasteiger partial charge < -0.3 is 20.9 Å². The Bertz CT molecular complexity index is 1150. The second-order valence-electron chi connectivity index (χ2n) is 8.25. The van der Waals surface area contributed by atoms with Gasteiger partial charge in [-0.1, -0.05) is 12.2 Å². The van der Waals surface area contributed by atoms with Crippen LogP contribution < -0.4 is 16.0 Å². The van der Waals surface area contributed by atoms with Crippen molar-refractivity contribution in [3.63, 3.8) is 0 Å². The summed E-state index contributed by atoms with van der Waals surface area (Å²) in [4.78, 5) is 26.7. The van der Waals surface area contributed by atoms with Crippen molar-refractivity contribution in [2.75, 3.05) is 24.3 Å². The predicted molar refractivity (Wildman–Crippen MR) is 122 cm³/mol. The predicted octanol–water partition coefficient (Wildman–Crippen LogP) is 3.54. The molecule has 5 rings (SSSR count). The molecule has 2 aliphatic carbocycles. The van der Waals surface area contributed by atoms with E-state index in [2.05, 4.69) is 65.4 Å². The molecule has 1 aromatic carbocycles. The van der Waals surface area contributed by atoms with Gasteiger partial charge in [0.2, 0.25) is 5.91 Å². The van der Waals surface area contributed by atoms with E-state index in [0.717, 1.165) is 39.2 Å². The Kier molecular flexibility index (Phi) is 4.54. The summed E-state index contributed by atoms with van der Waals surface area (Å²) in [5.41, 5.74) is 10.1. The second-order valence-corrected chi connectivity index (χ2v) is 9.11. The highest BCUT2D eigenvalue weighted by atomic mass is 79.9. The quantitative estimate of drug-likeness (QED) is 0.499. The number of hydrogen-bond donors (Lipinski definition) is 3. The highest BCUT2D eigenvalue weighted by Gasteiger charge is 2.47. The van der Waals surface area contributed by atoms with Crippen LogP contribution in [0.3, 0.4) is 0 Å². The van der Waals surface area contributed by atoms with Crippen LogP contribution in [-0.4, -0.2) is 41.0 Å². The molecule has 4 N–H and O–H groups in total. The fourth-order valence-corrected chi connectivity index (χ4v) is 5.12. The molecule has 0 aliphatic heterocycles. The van der Waals surface area contributed by atoms with Gasteiger partial charge in [0.15, 0.2) is 5.65 Å². The number of allylic oxidation sites excluding steroid dienone is 1. The Labute approximate surface area is 182 Å². The van der Waals surface area contributed by atoms with Gasteiger partial charge >= 0.3 is 0 Å². The summed E-state index contributed by atoms with van der Waals surface area (Å²) >= 11 is 3.61. The Balaban J connectivity index is 1.52. The number of amides is 1.